The molecular weight excluding hydrogens is 418 g/mol. The number of fused-ring (bicyclic) bond motifs is 1. The number of aromatic nitrogens is 5. The van der Waals surface area contributed by atoms with Crippen molar-refractivity contribution in [3.8, 4) is 11.5 Å². The first-order valence-electron chi connectivity index (χ1n) is 9.70. The van der Waals surface area contributed by atoms with Crippen molar-refractivity contribution < 1.29 is 13.2 Å². The molecular formula is C20H19N7O3S. The maximum atomic E-state index is 12.6. The Balaban J connectivity index is 1.26. The van der Waals surface area contributed by atoms with Crippen LogP contribution in [0.1, 0.15) is 10.4 Å². The van der Waals surface area contributed by atoms with E-state index < -0.39 is 9.84 Å². The SMILES string of the molecule is O=C(Nc1cc(-c2nc3ccccc3[nH]2)[nH]n1)c1ccc(N2CCS(=O)(=O)CC2)nc1. The smallest absolute Gasteiger partial charge is 0.258 e. The highest BCUT2D eigenvalue weighted by atomic mass is 32.2. The number of sulfone groups is 1. The van der Waals surface area contributed by atoms with Crippen LogP contribution in [0.25, 0.3) is 22.6 Å². The first kappa shape index (κ1) is 19.2. The fourth-order valence-electron chi connectivity index (χ4n) is 3.42. The predicted molar refractivity (Wildman–Crippen MR) is 117 cm³/mol. The molecule has 4 aromatic rings. The van der Waals surface area contributed by atoms with Crippen LogP contribution < -0.4 is 10.2 Å². The highest BCUT2D eigenvalue weighted by molar-refractivity contribution is 7.91. The van der Waals surface area contributed by atoms with E-state index in [1.807, 2.05) is 29.2 Å². The van der Waals surface area contributed by atoms with Gasteiger partial charge in [0.05, 0.1) is 28.1 Å². The lowest BCUT2D eigenvalue weighted by Crippen LogP contribution is -2.40. The first-order chi connectivity index (χ1) is 15.0. The van der Waals surface area contributed by atoms with Gasteiger partial charge in [-0.05, 0) is 24.3 Å². The van der Waals surface area contributed by atoms with Crippen molar-refractivity contribution in [1.82, 2.24) is 25.1 Å². The number of amides is 1. The molecule has 10 nitrogen and oxygen atoms in total. The molecule has 158 valence electrons. The Kier molecular flexibility index (Phi) is 4.66. The number of carbonyl (C=O) groups excluding carboxylic acids is 1. The zero-order valence-electron chi connectivity index (χ0n) is 16.4. The highest BCUT2D eigenvalue weighted by Crippen LogP contribution is 2.21. The van der Waals surface area contributed by atoms with Gasteiger partial charge < -0.3 is 15.2 Å². The van der Waals surface area contributed by atoms with Crippen molar-refractivity contribution >= 4 is 38.4 Å². The lowest BCUT2D eigenvalue weighted by Gasteiger charge is -2.27. The number of benzene rings is 1. The number of hydrogen-bond acceptors (Lipinski definition) is 7. The second kappa shape index (κ2) is 7.51. The number of nitrogens with zero attached hydrogens (tertiary/aromatic N) is 4. The predicted octanol–water partition coefficient (Wildman–Crippen LogP) is 1.84. The van der Waals surface area contributed by atoms with Crippen LogP contribution in [0.3, 0.4) is 0 Å². The van der Waals surface area contributed by atoms with Gasteiger partial charge >= 0.3 is 0 Å². The maximum Gasteiger partial charge on any atom is 0.258 e. The topological polar surface area (TPSA) is 137 Å². The molecule has 3 N–H and O–H groups in total. The zero-order chi connectivity index (χ0) is 21.4. The van der Waals surface area contributed by atoms with Gasteiger partial charge in [0.1, 0.15) is 11.5 Å². The molecule has 3 aromatic heterocycles. The van der Waals surface area contributed by atoms with E-state index in [-0.39, 0.29) is 17.4 Å². The van der Waals surface area contributed by atoms with Gasteiger partial charge in [-0.1, -0.05) is 12.1 Å². The lowest BCUT2D eigenvalue weighted by atomic mass is 10.2. The molecule has 31 heavy (non-hydrogen) atoms. The van der Waals surface area contributed by atoms with Gasteiger partial charge in [0.2, 0.25) is 0 Å². The standard InChI is InChI=1S/C20H19N7O3S/c28-20(13-5-6-18(21-12-13)27-7-9-31(29,30)10-8-27)24-17-11-16(25-26-17)19-22-14-3-1-2-4-15(14)23-19/h1-6,11-12H,7-10H2,(H,22,23)(H2,24,25,26,28). The summed E-state index contributed by atoms with van der Waals surface area (Å²) in [6.45, 7) is 0.803. The van der Waals surface area contributed by atoms with Gasteiger partial charge in [-0.25, -0.2) is 18.4 Å². The number of pyridine rings is 1. The zero-order valence-corrected chi connectivity index (χ0v) is 17.2. The second-order valence-corrected chi connectivity index (χ2v) is 9.57. The third kappa shape index (κ3) is 3.99. The van der Waals surface area contributed by atoms with E-state index in [0.29, 0.717) is 41.8 Å². The molecule has 0 radical (unpaired) electrons. The van der Waals surface area contributed by atoms with Crippen molar-refractivity contribution in [3.63, 3.8) is 0 Å². The van der Waals surface area contributed by atoms with Gasteiger partial charge in [0.25, 0.3) is 5.91 Å². The number of para-hydroxylation sites is 2. The van der Waals surface area contributed by atoms with E-state index in [0.717, 1.165) is 11.0 Å². The number of anilines is 2. The minimum atomic E-state index is -2.96. The Bertz CT molecular complexity index is 1310. The van der Waals surface area contributed by atoms with Crippen molar-refractivity contribution in [1.29, 1.82) is 0 Å². The molecule has 1 saturated heterocycles. The molecule has 1 fully saturated rings. The molecule has 1 amide bonds. The van der Waals surface area contributed by atoms with Crippen LogP contribution in [0.15, 0.2) is 48.7 Å². The van der Waals surface area contributed by atoms with Crippen molar-refractivity contribution in [2.24, 2.45) is 0 Å². The summed E-state index contributed by atoms with van der Waals surface area (Å²) in [6.07, 6.45) is 1.47. The van der Waals surface area contributed by atoms with Crippen molar-refractivity contribution in [2.45, 2.75) is 0 Å². The van der Waals surface area contributed by atoms with Crippen molar-refractivity contribution in [2.75, 3.05) is 34.8 Å². The van der Waals surface area contributed by atoms with Gasteiger partial charge in [0, 0.05) is 25.4 Å². The third-order valence-electron chi connectivity index (χ3n) is 5.14. The number of imidazole rings is 1. The van der Waals surface area contributed by atoms with Crippen LogP contribution in [0.4, 0.5) is 11.6 Å². The van der Waals surface area contributed by atoms with E-state index in [2.05, 4.69) is 30.5 Å². The van der Waals surface area contributed by atoms with Gasteiger partial charge in [-0.3, -0.25) is 9.89 Å². The number of carbonyl (C=O) groups is 1. The molecule has 5 rings (SSSR count). The number of rotatable bonds is 4. The van der Waals surface area contributed by atoms with Gasteiger partial charge in [0.15, 0.2) is 21.5 Å². The summed E-state index contributed by atoms with van der Waals surface area (Å²) in [5.41, 5.74) is 2.78. The molecule has 0 atom stereocenters. The van der Waals surface area contributed by atoms with E-state index in [4.69, 9.17) is 0 Å². The Morgan fingerprint density at radius 3 is 2.65 bits per heavy atom. The van der Waals surface area contributed by atoms with Crippen LogP contribution in [0.5, 0.6) is 0 Å². The van der Waals surface area contributed by atoms with Crippen LogP contribution >= 0.6 is 0 Å². The van der Waals surface area contributed by atoms with E-state index in [1.54, 1.807) is 18.2 Å². The minimum Gasteiger partial charge on any atom is -0.355 e. The summed E-state index contributed by atoms with van der Waals surface area (Å²) in [6, 6.07) is 12.8. The Morgan fingerprint density at radius 2 is 1.90 bits per heavy atom. The Morgan fingerprint density at radius 1 is 1.10 bits per heavy atom. The van der Waals surface area contributed by atoms with E-state index in [9.17, 15) is 13.2 Å². The third-order valence-corrected chi connectivity index (χ3v) is 6.75. The molecule has 4 heterocycles. The normalized spacial score (nSPS) is 15.8. The molecule has 0 aliphatic carbocycles. The summed E-state index contributed by atoms with van der Waals surface area (Å²) in [7, 11) is -2.96. The van der Waals surface area contributed by atoms with Crippen LogP contribution in [0, 0.1) is 0 Å². The van der Waals surface area contributed by atoms with E-state index >= 15 is 0 Å². The molecule has 0 bridgehead atoms. The van der Waals surface area contributed by atoms with Crippen molar-refractivity contribution in [3.05, 3.63) is 54.2 Å². The van der Waals surface area contributed by atoms with E-state index in [1.165, 1.54) is 6.20 Å². The summed E-state index contributed by atoms with van der Waals surface area (Å²) < 4.78 is 23.1. The number of nitrogens with one attached hydrogen (secondary N) is 3. The van der Waals surface area contributed by atoms with Crippen LogP contribution in [-0.4, -0.2) is 64.1 Å². The fourth-order valence-corrected chi connectivity index (χ4v) is 4.63. The maximum absolute atomic E-state index is 12.6. The Hall–Kier alpha value is -3.73. The summed E-state index contributed by atoms with van der Waals surface area (Å²) in [5, 5.41) is 9.74. The number of hydrogen-bond donors (Lipinski definition) is 3. The summed E-state index contributed by atoms with van der Waals surface area (Å²) in [4.78, 5) is 26.5. The first-order valence-corrected chi connectivity index (χ1v) is 11.5. The fraction of sp³-hybridized carbons (Fsp3) is 0.200. The number of aromatic amines is 2. The molecule has 1 aliphatic rings. The van der Waals surface area contributed by atoms with Crippen LogP contribution in [0.2, 0.25) is 0 Å². The molecule has 11 heteroatoms. The van der Waals surface area contributed by atoms with Gasteiger partial charge in [-0.15, -0.1) is 0 Å². The largest absolute Gasteiger partial charge is 0.355 e. The highest BCUT2D eigenvalue weighted by Gasteiger charge is 2.22. The second-order valence-electron chi connectivity index (χ2n) is 7.27. The average Bonchev–Trinajstić information content (AvgIpc) is 3.40. The van der Waals surface area contributed by atoms with Gasteiger partial charge in [-0.2, -0.15) is 5.10 Å². The monoisotopic (exact) mass is 437 g/mol. The molecule has 1 aliphatic heterocycles. The minimum absolute atomic E-state index is 0.115. The number of H-pyrrole nitrogens is 2. The lowest BCUT2D eigenvalue weighted by molar-refractivity contribution is 0.102. The average molecular weight is 437 g/mol. The molecule has 0 unspecified atom stereocenters. The molecule has 0 saturated carbocycles. The molecule has 1 aromatic carbocycles. The summed E-state index contributed by atoms with van der Waals surface area (Å²) in [5.74, 6) is 1.53. The summed E-state index contributed by atoms with van der Waals surface area (Å²) >= 11 is 0. The Labute approximate surface area is 177 Å². The van der Waals surface area contributed by atoms with Crippen LogP contribution in [-0.2, 0) is 9.84 Å². The molecule has 0 spiro atoms. The quantitative estimate of drug-likeness (QED) is 0.443.